The number of nitrogens with zero attached hydrogens (tertiary/aromatic N) is 2. The first-order valence-corrected chi connectivity index (χ1v) is 13.6. The van der Waals surface area contributed by atoms with Gasteiger partial charge in [0.05, 0.1) is 34.8 Å². The van der Waals surface area contributed by atoms with E-state index in [0.717, 1.165) is 4.88 Å². The maximum atomic E-state index is 13.9. The van der Waals surface area contributed by atoms with Crippen molar-refractivity contribution >= 4 is 69.0 Å². The molecular formula is C26H32Cl2N4O5S. The van der Waals surface area contributed by atoms with E-state index in [1.54, 1.807) is 43.0 Å². The second kappa shape index (κ2) is 11.5. The van der Waals surface area contributed by atoms with E-state index in [9.17, 15) is 19.2 Å². The van der Waals surface area contributed by atoms with E-state index in [2.05, 4.69) is 15.4 Å². The van der Waals surface area contributed by atoms with E-state index < -0.39 is 17.5 Å². The molecule has 0 saturated carbocycles. The van der Waals surface area contributed by atoms with E-state index in [1.165, 1.54) is 23.3 Å². The summed E-state index contributed by atoms with van der Waals surface area (Å²) < 4.78 is 4.68. The van der Waals surface area contributed by atoms with Crippen LogP contribution in [-0.4, -0.2) is 65.9 Å². The van der Waals surface area contributed by atoms with Crippen molar-refractivity contribution in [1.29, 1.82) is 0 Å². The van der Waals surface area contributed by atoms with Gasteiger partial charge in [0.2, 0.25) is 5.91 Å². The number of anilines is 2. The summed E-state index contributed by atoms with van der Waals surface area (Å²) in [6.45, 7) is 10.1. The summed E-state index contributed by atoms with van der Waals surface area (Å²) in [6, 6.07) is 6.05. The summed E-state index contributed by atoms with van der Waals surface area (Å²) in [5.74, 6) is -1.05. The maximum Gasteiger partial charge on any atom is 0.324 e. The van der Waals surface area contributed by atoms with Gasteiger partial charge in [-0.2, -0.15) is 0 Å². The molecule has 3 rings (SSSR count). The Morgan fingerprint density at radius 2 is 1.82 bits per heavy atom. The third kappa shape index (κ3) is 6.42. The van der Waals surface area contributed by atoms with Gasteiger partial charge in [0.15, 0.2) is 0 Å². The molecule has 2 aromatic rings. The van der Waals surface area contributed by atoms with Gasteiger partial charge in [-0.25, -0.2) is 4.79 Å². The second-order valence-electron chi connectivity index (χ2n) is 10.4. The minimum Gasteiger partial charge on any atom is -0.469 e. The van der Waals surface area contributed by atoms with E-state index in [0.29, 0.717) is 15.7 Å². The average Bonchev–Trinajstić information content (AvgIpc) is 3.26. The molecule has 1 fully saturated rings. The molecular weight excluding hydrogens is 551 g/mol. The summed E-state index contributed by atoms with van der Waals surface area (Å²) in [5.41, 5.74) is -0.837. The fourth-order valence-corrected chi connectivity index (χ4v) is 5.47. The van der Waals surface area contributed by atoms with Crippen molar-refractivity contribution in [3.05, 3.63) is 44.8 Å². The lowest BCUT2D eigenvalue weighted by Gasteiger charge is -2.45. The smallest absolute Gasteiger partial charge is 0.324 e. The zero-order chi connectivity index (χ0) is 28.4. The maximum absolute atomic E-state index is 13.9. The number of thiophene rings is 1. The molecule has 0 unspecified atom stereocenters. The molecule has 0 radical (unpaired) electrons. The van der Waals surface area contributed by atoms with E-state index >= 15 is 0 Å². The fourth-order valence-electron chi connectivity index (χ4n) is 4.02. The molecule has 38 heavy (non-hydrogen) atoms. The number of amides is 4. The van der Waals surface area contributed by atoms with Gasteiger partial charge >= 0.3 is 12.0 Å². The molecule has 0 atom stereocenters. The molecule has 1 aliphatic rings. The van der Waals surface area contributed by atoms with Gasteiger partial charge in [0.1, 0.15) is 10.5 Å². The molecule has 1 saturated heterocycles. The summed E-state index contributed by atoms with van der Waals surface area (Å²) in [5, 5.41) is 6.29. The summed E-state index contributed by atoms with van der Waals surface area (Å²) >= 11 is 13.5. The number of carbonyl (C=O) groups excluding carboxylic acids is 4. The SMILES string of the molecule is COC(=O)CCN1CCN(C(=O)c2cc(C(C)(C)C)sc2NC(=O)Nc2cccc(Cl)c2Cl)C(C)(C)C1=O. The normalized spacial score (nSPS) is 15.3. The van der Waals surface area contributed by atoms with E-state index in [4.69, 9.17) is 23.2 Å². The van der Waals surface area contributed by atoms with Crippen LogP contribution in [0.25, 0.3) is 0 Å². The van der Waals surface area contributed by atoms with Crippen LogP contribution in [0.1, 0.15) is 56.3 Å². The number of ether oxygens (including phenoxy) is 1. The van der Waals surface area contributed by atoms with E-state index in [1.807, 2.05) is 20.8 Å². The molecule has 9 nitrogen and oxygen atoms in total. The van der Waals surface area contributed by atoms with E-state index in [-0.39, 0.29) is 53.9 Å². The highest BCUT2D eigenvalue weighted by Gasteiger charge is 2.45. The van der Waals surface area contributed by atoms with Crippen molar-refractivity contribution in [3.63, 3.8) is 0 Å². The number of halogens is 2. The largest absolute Gasteiger partial charge is 0.469 e. The lowest BCUT2D eigenvalue weighted by molar-refractivity contribution is -0.148. The lowest BCUT2D eigenvalue weighted by atomic mass is 9.93. The predicted octanol–water partition coefficient (Wildman–Crippen LogP) is 5.62. The quantitative estimate of drug-likeness (QED) is 0.429. The number of nitrogens with one attached hydrogen (secondary N) is 2. The van der Waals surface area contributed by atoms with Gasteiger partial charge in [-0.15, -0.1) is 11.3 Å². The Labute approximate surface area is 236 Å². The van der Waals surface area contributed by atoms with Crippen molar-refractivity contribution < 1.29 is 23.9 Å². The molecule has 1 aliphatic heterocycles. The van der Waals surface area contributed by atoms with Crippen LogP contribution in [0.3, 0.4) is 0 Å². The third-order valence-corrected chi connectivity index (χ3v) is 8.56. The Bertz CT molecular complexity index is 1250. The van der Waals surface area contributed by atoms with Crippen molar-refractivity contribution in [3.8, 4) is 0 Å². The van der Waals surface area contributed by atoms with Crippen molar-refractivity contribution in [1.82, 2.24) is 9.80 Å². The minimum atomic E-state index is -1.16. The van der Waals surface area contributed by atoms with Gasteiger partial charge in [0.25, 0.3) is 5.91 Å². The highest BCUT2D eigenvalue weighted by molar-refractivity contribution is 7.16. The van der Waals surface area contributed by atoms with Crippen LogP contribution in [0.15, 0.2) is 24.3 Å². The molecule has 1 aromatic heterocycles. The summed E-state index contributed by atoms with van der Waals surface area (Å²) in [4.78, 5) is 55.5. The summed E-state index contributed by atoms with van der Waals surface area (Å²) in [6.07, 6.45) is 0.0750. The first kappa shape index (κ1) is 29.7. The Hall–Kier alpha value is -2.82. The van der Waals surface area contributed by atoms with Gasteiger partial charge in [0, 0.05) is 24.5 Å². The van der Waals surface area contributed by atoms with Crippen LogP contribution in [0.5, 0.6) is 0 Å². The van der Waals surface area contributed by atoms with Gasteiger partial charge in [-0.3, -0.25) is 19.7 Å². The third-order valence-electron chi connectivity index (χ3n) is 6.27. The van der Waals surface area contributed by atoms with Crippen molar-refractivity contribution in [2.75, 3.05) is 37.4 Å². The number of urea groups is 1. The number of methoxy groups -OCH3 is 1. The standard InChI is InChI=1S/C26H32Cl2N4O5S/c1-25(2,3)18-14-15(21(38-18)30-24(36)29-17-9-7-8-16(27)20(17)28)22(34)32-13-12-31(11-10-19(33)37-6)23(35)26(32,4)5/h7-9,14H,10-13H2,1-6H3,(H2,29,30,36). The van der Waals surface area contributed by atoms with Crippen molar-refractivity contribution in [2.45, 2.75) is 52.0 Å². The lowest BCUT2D eigenvalue weighted by Crippen LogP contribution is -2.64. The molecule has 0 spiro atoms. The topological polar surface area (TPSA) is 108 Å². The first-order chi connectivity index (χ1) is 17.7. The number of rotatable bonds is 6. The fraction of sp³-hybridized carbons (Fsp3) is 0.462. The average molecular weight is 584 g/mol. The molecule has 2 N–H and O–H groups in total. The molecule has 206 valence electrons. The van der Waals surface area contributed by atoms with Crippen LogP contribution in [0.2, 0.25) is 10.0 Å². The second-order valence-corrected chi connectivity index (χ2v) is 12.3. The Morgan fingerprint density at radius 3 is 2.45 bits per heavy atom. The number of benzene rings is 1. The van der Waals surface area contributed by atoms with Crippen LogP contribution in [-0.2, 0) is 19.7 Å². The summed E-state index contributed by atoms with van der Waals surface area (Å²) in [7, 11) is 1.30. The van der Waals surface area contributed by atoms with Crippen LogP contribution >= 0.6 is 34.5 Å². The number of hydrogen-bond donors (Lipinski definition) is 2. The van der Waals surface area contributed by atoms with Crippen LogP contribution < -0.4 is 10.6 Å². The van der Waals surface area contributed by atoms with Gasteiger partial charge in [-0.1, -0.05) is 50.0 Å². The molecule has 4 amide bonds. The highest BCUT2D eigenvalue weighted by Crippen LogP contribution is 2.38. The zero-order valence-electron chi connectivity index (χ0n) is 22.2. The predicted molar refractivity (Wildman–Crippen MR) is 150 cm³/mol. The monoisotopic (exact) mass is 582 g/mol. The number of piperazine rings is 1. The number of esters is 1. The zero-order valence-corrected chi connectivity index (χ0v) is 24.6. The Morgan fingerprint density at radius 1 is 1.13 bits per heavy atom. The minimum absolute atomic E-state index is 0.0750. The van der Waals surface area contributed by atoms with Crippen LogP contribution in [0.4, 0.5) is 15.5 Å². The van der Waals surface area contributed by atoms with Crippen molar-refractivity contribution in [2.24, 2.45) is 0 Å². The number of carbonyl (C=O) groups is 4. The molecule has 2 heterocycles. The number of hydrogen-bond acceptors (Lipinski definition) is 6. The van der Waals surface area contributed by atoms with Gasteiger partial charge < -0.3 is 19.9 Å². The van der Waals surface area contributed by atoms with Gasteiger partial charge in [-0.05, 0) is 37.5 Å². The molecule has 12 heteroatoms. The molecule has 0 aliphatic carbocycles. The first-order valence-electron chi connectivity index (χ1n) is 12.0. The Balaban J connectivity index is 1.86. The molecule has 1 aromatic carbocycles. The Kier molecular flexibility index (Phi) is 9.00. The highest BCUT2D eigenvalue weighted by atomic mass is 35.5. The van der Waals surface area contributed by atoms with Crippen LogP contribution in [0, 0.1) is 0 Å². The molecule has 0 bridgehead atoms.